The predicted molar refractivity (Wildman–Crippen MR) is 57.9 cm³/mol. The van der Waals surface area contributed by atoms with E-state index in [1.165, 1.54) is 25.7 Å². The molecule has 0 bridgehead atoms. The number of nitrogens with one attached hydrogen (secondary N) is 1. The van der Waals surface area contributed by atoms with Crippen molar-refractivity contribution in [3.8, 4) is 0 Å². The van der Waals surface area contributed by atoms with Gasteiger partial charge in [0.15, 0.2) is 0 Å². The van der Waals surface area contributed by atoms with E-state index in [4.69, 9.17) is 5.73 Å². The lowest BCUT2D eigenvalue weighted by Gasteiger charge is -2.17. The molecule has 3 N–H and O–H groups in total. The third-order valence-corrected chi connectivity index (χ3v) is 2.97. The quantitative estimate of drug-likeness (QED) is 0.674. The van der Waals surface area contributed by atoms with E-state index in [1.54, 1.807) is 0 Å². The predicted octanol–water partition coefficient (Wildman–Crippen LogP) is 1.42. The first-order chi connectivity index (χ1) is 6.74. The fourth-order valence-corrected chi connectivity index (χ4v) is 1.96. The summed E-state index contributed by atoms with van der Waals surface area (Å²) in [5.74, 6) is 0.455. The number of hydrogen-bond acceptors (Lipinski definition) is 2. The van der Waals surface area contributed by atoms with E-state index in [1.807, 2.05) is 6.92 Å². The molecule has 0 spiro atoms. The Balaban J connectivity index is 2.34. The minimum Gasteiger partial charge on any atom is -0.352 e. The van der Waals surface area contributed by atoms with Crippen LogP contribution in [0.4, 0.5) is 0 Å². The van der Waals surface area contributed by atoms with Gasteiger partial charge in [0, 0.05) is 18.5 Å². The molecule has 14 heavy (non-hydrogen) atoms. The van der Waals surface area contributed by atoms with Crippen molar-refractivity contribution in [2.24, 2.45) is 11.7 Å². The van der Waals surface area contributed by atoms with E-state index < -0.39 is 0 Å². The van der Waals surface area contributed by atoms with Gasteiger partial charge in [0.05, 0.1) is 0 Å². The van der Waals surface area contributed by atoms with E-state index in [9.17, 15) is 4.79 Å². The second kappa shape index (κ2) is 6.02. The molecule has 1 saturated carbocycles. The molecular formula is C11H22N2O. The second-order valence-corrected chi connectivity index (χ2v) is 4.33. The van der Waals surface area contributed by atoms with Gasteiger partial charge >= 0.3 is 0 Å². The highest BCUT2D eigenvalue weighted by atomic mass is 16.1. The van der Waals surface area contributed by atoms with Crippen LogP contribution < -0.4 is 11.1 Å². The molecular weight excluding hydrogens is 176 g/mol. The summed E-state index contributed by atoms with van der Waals surface area (Å²) >= 11 is 0. The first-order valence-electron chi connectivity index (χ1n) is 5.74. The summed E-state index contributed by atoms with van der Waals surface area (Å²) < 4.78 is 0. The van der Waals surface area contributed by atoms with Crippen molar-refractivity contribution >= 4 is 5.91 Å². The van der Waals surface area contributed by atoms with Crippen LogP contribution in [0.25, 0.3) is 0 Å². The topological polar surface area (TPSA) is 55.1 Å². The second-order valence-electron chi connectivity index (χ2n) is 4.33. The fraction of sp³-hybridized carbons (Fsp3) is 0.909. The van der Waals surface area contributed by atoms with Crippen LogP contribution in [0.1, 0.15) is 45.4 Å². The SMILES string of the molecule is CC(CN)NC(=O)C1CCCCCC1. The Hall–Kier alpha value is -0.570. The van der Waals surface area contributed by atoms with Crippen LogP contribution >= 0.6 is 0 Å². The first kappa shape index (κ1) is 11.5. The molecule has 0 aromatic heterocycles. The van der Waals surface area contributed by atoms with Gasteiger partial charge in [0.25, 0.3) is 0 Å². The van der Waals surface area contributed by atoms with E-state index >= 15 is 0 Å². The lowest BCUT2D eigenvalue weighted by atomic mass is 9.99. The maximum absolute atomic E-state index is 11.8. The van der Waals surface area contributed by atoms with Crippen molar-refractivity contribution in [1.29, 1.82) is 0 Å². The van der Waals surface area contributed by atoms with Crippen LogP contribution in [0.3, 0.4) is 0 Å². The normalized spacial score (nSPS) is 21.3. The Bertz CT molecular complexity index is 174. The lowest BCUT2D eigenvalue weighted by Crippen LogP contribution is -2.41. The molecule has 0 heterocycles. The van der Waals surface area contributed by atoms with Gasteiger partial charge in [-0.2, -0.15) is 0 Å². The van der Waals surface area contributed by atoms with Crippen molar-refractivity contribution in [2.45, 2.75) is 51.5 Å². The average molecular weight is 198 g/mol. The van der Waals surface area contributed by atoms with Crippen molar-refractivity contribution in [3.63, 3.8) is 0 Å². The molecule has 0 saturated heterocycles. The third-order valence-electron chi connectivity index (χ3n) is 2.97. The summed E-state index contributed by atoms with van der Waals surface area (Å²) in [4.78, 5) is 11.8. The van der Waals surface area contributed by atoms with Crippen molar-refractivity contribution in [2.75, 3.05) is 6.54 Å². The summed E-state index contributed by atoms with van der Waals surface area (Å²) in [5, 5.41) is 2.96. The zero-order valence-corrected chi connectivity index (χ0v) is 9.09. The van der Waals surface area contributed by atoms with E-state index in [0.717, 1.165) is 12.8 Å². The maximum Gasteiger partial charge on any atom is 0.223 e. The van der Waals surface area contributed by atoms with E-state index in [0.29, 0.717) is 6.54 Å². The highest BCUT2D eigenvalue weighted by Crippen LogP contribution is 2.22. The lowest BCUT2D eigenvalue weighted by molar-refractivity contribution is -0.125. The number of carbonyl (C=O) groups is 1. The Labute approximate surface area is 86.4 Å². The van der Waals surface area contributed by atoms with Gasteiger partial charge < -0.3 is 11.1 Å². The number of rotatable bonds is 3. The average Bonchev–Trinajstić information content (AvgIpc) is 2.45. The highest BCUT2D eigenvalue weighted by Gasteiger charge is 2.20. The Morgan fingerprint density at radius 3 is 2.43 bits per heavy atom. The minimum absolute atomic E-state index is 0.116. The van der Waals surface area contributed by atoms with Gasteiger partial charge in [-0.1, -0.05) is 25.7 Å². The Morgan fingerprint density at radius 2 is 1.93 bits per heavy atom. The van der Waals surface area contributed by atoms with Gasteiger partial charge in [0.2, 0.25) is 5.91 Å². The number of nitrogens with two attached hydrogens (primary N) is 1. The summed E-state index contributed by atoms with van der Waals surface area (Å²) in [6.07, 6.45) is 7.10. The largest absolute Gasteiger partial charge is 0.352 e. The van der Waals surface area contributed by atoms with Crippen molar-refractivity contribution in [3.05, 3.63) is 0 Å². The van der Waals surface area contributed by atoms with Gasteiger partial charge in [-0.15, -0.1) is 0 Å². The Morgan fingerprint density at radius 1 is 1.36 bits per heavy atom. The van der Waals surface area contributed by atoms with Crippen LogP contribution in [0.5, 0.6) is 0 Å². The monoisotopic (exact) mass is 198 g/mol. The molecule has 1 unspecified atom stereocenters. The third kappa shape index (κ3) is 3.66. The highest BCUT2D eigenvalue weighted by molar-refractivity contribution is 5.78. The van der Waals surface area contributed by atoms with Crippen LogP contribution in [-0.4, -0.2) is 18.5 Å². The molecule has 1 rings (SSSR count). The van der Waals surface area contributed by atoms with Crippen molar-refractivity contribution < 1.29 is 4.79 Å². The van der Waals surface area contributed by atoms with Gasteiger partial charge in [-0.05, 0) is 19.8 Å². The molecule has 1 atom stereocenters. The van der Waals surface area contributed by atoms with Crippen LogP contribution in [0.2, 0.25) is 0 Å². The molecule has 1 aliphatic carbocycles. The zero-order chi connectivity index (χ0) is 10.4. The molecule has 0 aliphatic heterocycles. The van der Waals surface area contributed by atoms with Gasteiger partial charge in [-0.25, -0.2) is 0 Å². The van der Waals surface area contributed by atoms with Crippen LogP contribution in [0.15, 0.2) is 0 Å². The fourth-order valence-electron chi connectivity index (χ4n) is 1.96. The standard InChI is InChI=1S/C11H22N2O/c1-9(8-12)13-11(14)10-6-4-2-3-5-7-10/h9-10H,2-8,12H2,1H3,(H,13,14). The minimum atomic E-state index is 0.116. The molecule has 0 radical (unpaired) electrons. The smallest absolute Gasteiger partial charge is 0.223 e. The summed E-state index contributed by atoms with van der Waals surface area (Å²) in [7, 11) is 0. The van der Waals surface area contributed by atoms with Gasteiger partial charge in [-0.3, -0.25) is 4.79 Å². The number of amides is 1. The molecule has 82 valence electrons. The molecule has 0 aromatic rings. The van der Waals surface area contributed by atoms with Gasteiger partial charge in [0.1, 0.15) is 0 Å². The Kier molecular flexibility index (Phi) is 4.94. The van der Waals surface area contributed by atoms with Crippen molar-refractivity contribution in [1.82, 2.24) is 5.32 Å². The molecule has 3 nitrogen and oxygen atoms in total. The van der Waals surface area contributed by atoms with Crippen LogP contribution in [0, 0.1) is 5.92 Å². The molecule has 1 aliphatic rings. The number of hydrogen-bond donors (Lipinski definition) is 2. The zero-order valence-electron chi connectivity index (χ0n) is 9.09. The molecule has 0 aromatic carbocycles. The molecule has 3 heteroatoms. The summed E-state index contributed by atoms with van der Waals surface area (Å²) in [5.41, 5.74) is 5.47. The molecule has 1 fully saturated rings. The molecule has 1 amide bonds. The van der Waals surface area contributed by atoms with E-state index in [2.05, 4.69) is 5.32 Å². The number of carbonyl (C=O) groups excluding carboxylic acids is 1. The maximum atomic E-state index is 11.8. The van der Waals surface area contributed by atoms with E-state index in [-0.39, 0.29) is 17.9 Å². The van der Waals surface area contributed by atoms with Crippen LogP contribution in [-0.2, 0) is 4.79 Å². The summed E-state index contributed by atoms with van der Waals surface area (Å²) in [6.45, 7) is 2.48. The summed E-state index contributed by atoms with van der Waals surface area (Å²) in [6, 6.07) is 0.116. The first-order valence-corrected chi connectivity index (χ1v) is 5.74.